The number of nitrogens with one attached hydrogen (secondary N) is 2. The molecule has 0 aromatic carbocycles. The van der Waals surface area contributed by atoms with Crippen LogP contribution in [0.15, 0.2) is 0 Å². The van der Waals surface area contributed by atoms with Crippen molar-refractivity contribution in [3.05, 3.63) is 0 Å². The average Bonchev–Trinajstić information content (AvgIpc) is 2.95. The third-order valence-electron chi connectivity index (χ3n) is 3.76. The monoisotopic (exact) mass is 254 g/mol. The molecule has 0 aromatic heterocycles. The highest BCUT2D eigenvalue weighted by atomic mass is 16.6. The van der Waals surface area contributed by atoms with Crippen molar-refractivity contribution in [2.45, 2.75) is 64.0 Å². The van der Waals surface area contributed by atoms with Gasteiger partial charge in [-0.05, 0) is 71.9 Å². The Morgan fingerprint density at radius 2 is 1.94 bits per heavy atom. The minimum absolute atomic E-state index is 0.0460. The van der Waals surface area contributed by atoms with Gasteiger partial charge in [0.2, 0.25) is 0 Å². The molecule has 1 aliphatic carbocycles. The highest BCUT2D eigenvalue weighted by Gasteiger charge is 2.46. The molecular formula is C14H26N2O2. The first-order valence-corrected chi connectivity index (χ1v) is 7.10. The fourth-order valence-corrected chi connectivity index (χ4v) is 2.69. The molecule has 0 radical (unpaired) electrons. The SMILES string of the molecule is CC(C)(C)OC(=O)NC1(CC2CCNCC2)CC1. The lowest BCUT2D eigenvalue weighted by molar-refractivity contribution is 0.0486. The molecule has 4 heteroatoms. The predicted molar refractivity (Wildman–Crippen MR) is 71.5 cm³/mol. The van der Waals surface area contributed by atoms with Crippen LogP contribution in [0.4, 0.5) is 4.79 Å². The minimum Gasteiger partial charge on any atom is -0.444 e. The Morgan fingerprint density at radius 1 is 1.33 bits per heavy atom. The summed E-state index contributed by atoms with van der Waals surface area (Å²) in [5.41, 5.74) is -0.362. The number of hydrogen-bond acceptors (Lipinski definition) is 3. The lowest BCUT2D eigenvalue weighted by atomic mass is 9.90. The standard InChI is InChI=1S/C14H26N2O2/c1-13(2,3)18-12(17)16-14(6-7-14)10-11-4-8-15-9-5-11/h11,15H,4-10H2,1-3H3,(H,16,17). The first kappa shape index (κ1) is 13.7. The number of carbonyl (C=O) groups excluding carboxylic acids is 1. The second-order valence-electron chi connectivity index (χ2n) is 6.80. The molecule has 1 saturated heterocycles. The third kappa shape index (κ3) is 4.16. The van der Waals surface area contributed by atoms with Crippen LogP contribution in [-0.4, -0.2) is 30.3 Å². The van der Waals surface area contributed by atoms with Crippen molar-refractivity contribution in [1.29, 1.82) is 0 Å². The van der Waals surface area contributed by atoms with Crippen LogP contribution in [0.5, 0.6) is 0 Å². The van der Waals surface area contributed by atoms with Gasteiger partial charge in [-0.2, -0.15) is 0 Å². The molecule has 2 rings (SSSR count). The van der Waals surface area contributed by atoms with Gasteiger partial charge in [0, 0.05) is 5.54 Å². The van der Waals surface area contributed by atoms with Crippen molar-refractivity contribution >= 4 is 6.09 Å². The lowest BCUT2D eigenvalue weighted by Crippen LogP contribution is -2.42. The fraction of sp³-hybridized carbons (Fsp3) is 0.929. The van der Waals surface area contributed by atoms with Crippen molar-refractivity contribution in [3.8, 4) is 0 Å². The Labute approximate surface area is 110 Å². The minimum atomic E-state index is -0.408. The van der Waals surface area contributed by atoms with Crippen molar-refractivity contribution < 1.29 is 9.53 Å². The summed E-state index contributed by atoms with van der Waals surface area (Å²) in [4.78, 5) is 11.8. The summed E-state index contributed by atoms with van der Waals surface area (Å²) in [6.45, 7) is 7.94. The molecule has 2 fully saturated rings. The van der Waals surface area contributed by atoms with E-state index in [1.807, 2.05) is 20.8 Å². The van der Waals surface area contributed by atoms with E-state index in [2.05, 4.69) is 10.6 Å². The summed E-state index contributed by atoms with van der Waals surface area (Å²) in [6.07, 6.45) is 5.55. The van der Waals surface area contributed by atoms with Gasteiger partial charge in [-0.3, -0.25) is 0 Å². The van der Waals surface area contributed by atoms with Gasteiger partial charge in [0.15, 0.2) is 0 Å². The quantitative estimate of drug-likeness (QED) is 0.813. The van der Waals surface area contributed by atoms with E-state index in [1.165, 1.54) is 12.8 Å². The fourth-order valence-electron chi connectivity index (χ4n) is 2.69. The number of carbonyl (C=O) groups is 1. The van der Waals surface area contributed by atoms with Gasteiger partial charge in [0.1, 0.15) is 5.60 Å². The van der Waals surface area contributed by atoms with Crippen LogP contribution in [0.3, 0.4) is 0 Å². The van der Waals surface area contributed by atoms with Gasteiger partial charge < -0.3 is 15.4 Å². The van der Waals surface area contributed by atoms with E-state index in [0.717, 1.165) is 38.3 Å². The second kappa shape index (κ2) is 5.08. The maximum Gasteiger partial charge on any atom is 0.408 e. The number of amides is 1. The molecule has 2 aliphatic rings. The zero-order chi connectivity index (χ0) is 13.2. The van der Waals surface area contributed by atoms with Gasteiger partial charge >= 0.3 is 6.09 Å². The average molecular weight is 254 g/mol. The third-order valence-corrected chi connectivity index (χ3v) is 3.76. The molecule has 0 aromatic rings. The van der Waals surface area contributed by atoms with E-state index >= 15 is 0 Å². The van der Waals surface area contributed by atoms with Gasteiger partial charge in [-0.1, -0.05) is 0 Å². The summed E-state index contributed by atoms with van der Waals surface area (Å²) in [7, 11) is 0. The Bertz CT molecular complexity index is 299. The zero-order valence-electron chi connectivity index (χ0n) is 11.8. The van der Waals surface area contributed by atoms with Gasteiger partial charge in [0.05, 0.1) is 0 Å². The number of ether oxygens (including phenoxy) is 1. The Morgan fingerprint density at radius 3 is 2.44 bits per heavy atom. The number of alkyl carbamates (subject to hydrolysis) is 1. The summed E-state index contributed by atoms with van der Waals surface area (Å²) < 4.78 is 5.34. The maximum absolute atomic E-state index is 11.8. The normalized spacial score (nSPS) is 23.5. The van der Waals surface area contributed by atoms with E-state index in [0.29, 0.717) is 0 Å². The smallest absolute Gasteiger partial charge is 0.408 e. The molecule has 0 atom stereocenters. The van der Waals surface area contributed by atoms with E-state index in [4.69, 9.17) is 4.74 Å². The zero-order valence-corrected chi connectivity index (χ0v) is 11.8. The number of piperidine rings is 1. The highest BCUT2D eigenvalue weighted by molar-refractivity contribution is 5.69. The Balaban J connectivity index is 1.79. The largest absolute Gasteiger partial charge is 0.444 e. The van der Waals surface area contributed by atoms with Crippen LogP contribution >= 0.6 is 0 Å². The summed E-state index contributed by atoms with van der Waals surface area (Å²) >= 11 is 0. The van der Waals surface area contributed by atoms with Gasteiger partial charge in [0.25, 0.3) is 0 Å². The van der Waals surface area contributed by atoms with Crippen LogP contribution in [-0.2, 0) is 4.74 Å². The molecule has 104 valence electrons. The highest BCUT2D eigenvalue weighted by Crippen LogP contribution is 2.42. The molecule has 1 aliphatic heterocycles. The predicted octanol–water partition coefficient (Wildman–Crippen LogP) is 2.43. The van der Waals surface area contributed by atoms with Gasteiger partial charge in [-0.15, -0.1) is 0 Å². The maximum atomic E-state index is 11.8. The molecule has 0 unspecified atom stereocenters. The Hall–Kier alpha value is -0.770. The molecule has 1 amide bonds. The summed E-state index contributed by atoms with van der Waals surface area (Å²) in [5, 5.41) is 6.47. The van der Waals surface area contributed by atoms with Crippen molar-refractivity contribution in [2.24, 2.45) is 5.92 Å². The molecule has 18 heavy (non-hydrogen) atoms. The molecule has 2 N–H and O–H groups in total. The van der Waals surface area contributed by atoms with E-state index in [9.17, 15) is 4.79 Å². The van der Waals surface area contributed by atoms with E-state index < -0.39 is 5.60 Å². The molecule has 0 spiro atoms. The molecule has 0 bridgehead atoms. The molecule has 1 saturated carbocycles. The van der Waals surface area contributed by atoms with Crippen LogP contribution in [0.1, 0.15) is 52.9 Å². The number of hydrogen-bond donors (Lipinski definition) is 2. The van der Waals surface area contributed by atoms with E-state index in [-0.39, 0.29) is 11.6 Å². The second-order valence-corrected chi connectivity index (χ2v) is 6.80. The van der Waals surface area contributed by atoms with Gasteiger partial charge in [-0.25, -0.2) is 4.79 Å². The Kier molecular flexibility index (Phi) is 3.85. The van der Waals surface area contributed by atoms with Crippen LogP contribution in [0, 0.1) is 5.92 Å². The van der Waals surface area contributed by atoms with Crippen LogP contribution < -0.4 is 10.6 Å². The number of rotatable bonds is 3. The first-order chi connectivity index (χ1) is 8.39. The molecule has 4 nitrogen and oxygen atoms in total. The molecular weight excluding hydrogens is 228 g/mol. The topological polar surface area (TPSA) is 50.4 Å². The molecule has 1 heterocycles. The lowest BCUT2D eigenvalue weighted by Gasteiger charge is -2.28. The van der Waals surface area contributed by atoms with Crippen molar-refractivity contribution in [3.63, 3.8) is 0 Å². The first-order valence-electron chi connectivity index (χ1n) is 7.10. The summed E-state index contributed by atoms with van der Waals surface area (Å²) in [6, 6.07) is 0. The van der Waals surface area contributed by atoms with E-state index in [1.54, 1.807) is 0 Å². The summed E-state index contributed by atoms with van der Waals surface area (Å²) in [5.74, 6) is 0.753. The van der Waals surface area contributed by atoms with Crippen LogP contribution in [0.25, 0.3) is 0 Å². The van der Waals surface area contributed by atoms with Crippen molar-refractivity contribution in [2.75, 3.05) is 13.1 Å². The van der Waals surface area contributed by atoms with Crippen LogP contribution in [0.2, 0.25) is 0 Å². The van der Waals surface area contributed by atoms with Crippen molar-refractivity contribution in [1.82, 2.24) is 10.6 Å².